The molecule has 2 amide bonds. The Kier molecular flexibility index (Phi) is 6.10. The maximum atomic E-state index is 13.2. The molecule has 1 aromatic carbocycles. The molecule has 1 saturated heterocycles. The number of anilines is 1. The van der Waals surface area contributed by atoms with Crippen molar-refractivity contribution in [3.63, 3.8) is 0 Å². The van der Waals surface area contributed by atoms with E-state index in [2.05, 4.69) is 15.0 Å². The summed E-state index contributed by atoms with van der Waals surface area (Å²) >= 11 is 0. The SMILES string of the molecule is NC(=O)c1cc(CN(C[C@@H]2C[C@@H]3CN(c4ccc(-c5ccc(F)cc5)cn4)C[C@@H]3C2)C(=O)O)on1. The average Bonchev–Trinajstić information content (AvgIpc) is 3.55. The van der Waals surface area contributed by atoms with Crippen molar-refractivity contribution >= 4 is 17.8 Å². The molecule has 2 fully saturated rings. The number of hydrogen-bond donors (Lipinski definition) is 2. The van der Waals surface area contributed by atoms with Crippen molar-refractivity contribution in [2.45, 2.75) is 19.4 Å². The zero-order valence-corrected chi connectivity index (χ0v) is 19.0. The van der Waals surface area contributed by atoms with E-state index in [0.717, 1.165) is 42.9 Å². The zero-order valence-electron chi connectivity index (χ0n) is 19.0. The van der Waals surface area contributed by atoms with E-state index in [1.54, 1.807) is 12.1 Å². The first kappa shape index (κ1) is 22.8. The summed E-state index contributed by atoms with van der Waals surface area (Å²) in [4.78, 5) is 31.2. The van der Waals surface area contributed by atoms with Crippen molar-refractivity contribution in [1.29, 1.82) is 0 Å². The highest BCUT2D eigenvalue weighted by Crippen LogP contribution is 2.43. The minimum Gasteiger partial charge on any atom is -0.465 e. The third-order valence-corrected chi connectivity index (χ3v) is 7.01. The molecule has 1 aliphatic heterocycles. The smallest absolute Gasteiger partial charge is 0.407 e. The number of nitrogens with two attached hydrogens (primary N) is 1. The second-order valence-electron chi connectivity index (χ2n) is 9.38. The number of carbonyl (C=O) groups excluding carboxylic acids is 1. The van der Waals surface area contributed by atoms with E-state index in [4.69, 9.17) is 10.3 Å². The van der Waals surface area contributed by atoms with Gasteiger partial charge in [-0.2, -0.15) is 0 Å². The van der Waals surface area contributed by atoms with Crippen molar-refractivity contribution in [3.8, 4) is 11.1 Å². The molecule has 182 valence electrons. The van der Waals surface area contributed by atoms with E-state index in [-0.39, 0.29) is 24.0 Å². The number of amides is 2. The van der Waals surface area contributed by atoms with Crippen LogP contribution in [0.25, 0.3) is 11.1 Å². The summed E-state index contributed by atoms with van der Waals surface area (Å²) in [5.74, 6) is 1.47. The molecule has 1 aliphatic carbocycles. The number of primary amides is 1. The fourth-order valence-corrected chi connectivity index (χ4v) is 5.36. The molecule has 0 unspecified atom stereocenters. The maximum absolute atomic E-state index is 13.2. The number of halogens is 1. The zero-order chi connectivity index (χ0) is 24.5. The van der Waals surface area contributed by atoms with Gasteiger partial charge in [-0.05, 0) is 60.4 Å². The van der Waals surface area contributed by atoms with Gasteiger partial charge < -0.3 is 25.2 Å². The summed E-state index contributed by atoms with van der Waals surface area (Å²) < 4.78 is 18.2. The molecule has 1 saturated carbocycles. The fraction of sp³-hybridized carbons (Fsp3) is 0.360. The van der Waals surface area contributed by atoms with E-state index < -0.39 is 12.0 Å². The van der Waals surface area contributed by atoms with E-state index in [1.165, 1.54) is 23.1 Å². The van der Waals surface area contributed by atoms with Gasteiger partial charge in [-0.15, -0.1) is 0 Å². The molecule has 5 rings (SSSR count). The molecule has 2 aliphatic rings. The molecule has 3 aromatic rings. The van der Waals surface area contributed by atoms with E-state index >= 15 is 0 Å². The second-order valence-corrected chi connectivity index (χ2v) is 9.38. The maximum Gasteiger partial charge on any atom is 0.407 e. The van der Waals surface area contributed by atoms with Crippen LogP contribution >= 0.6 is 0 Å². The minimum absolute atomic E-state index is 0.0138. The van der Waals surface area contributed by atoms with Crippen molar-refractivity contribution in [3.05, 3.63) is 65.9 Å². The van der Waals surface area contributed by atoms with E-state index in [0.29, 0.717) is 24.1 Å². The predicted octanol–water partition coefficient (Wildman–Crippen LogP) is 3.62. The Bertz CT molecular complexity index is 1200. The summed E-state index contributed by atoms with van der Waals surface area (Å²) in [5, 5.41) is 13.2. The Morgan fingerprint density at radius 3 is 2.37 bits per heavy atom. The minimum atomic E-state index is -1.04. The Morgan fingerprint density at radius 2 is 1.80 bits per heavy atom. The lowest BCUT2D eigenvalue weighted by atomic mass is 10.0. The van der Waals surface area contributed by atoms with Crippen molar-refractivity contribution in [2.24, 2.45) is 23.5 Å². The number of nitrogens with zero attached hydrogens (tertiary/aromatic N) is 4. The van der Waals surface area contributed by atoms with Gasteiger partial charge in [-0.3, -0.25) is 4.79 Å². The number of aromatic nitrogens is 2. The van der Waals surface area contributed by atoms with Gasteiger partial charge in [0.05, 0.1) is 6.54 Å². The molecule has 3 atom stereocenters. The van der Waals surface area contributed by atoms with E-state index in [9.17, 15) is 19.1 Å². The highest BCUT2D eigenvalue weighted by Gasteiger charge is 2.42. The highest BCUT2D eigenvalue weighted by molar-refractivity contribution is 5.90. The molecule has 35 heavy (non-hydrogen) atoms. The van der Waals surface area contributed by atoms with Crippen LogP contribution in [0.5, 0.6) is 0 Å². The summed E-state index contributed by atoms with van der Waals surface area (Å²) in [6, 6.07) is 11.8. The van der Waals surface area contributed by atoms with Gasteiger partial charge in [0.1, 0.15) is 11.6 Å². The lowest BCUT2D eigenvalue weighted by molar-refractivity contribution is 0.0990. The van der Waals surface area contributed by atoms with Gasteiger partial charge in [-0.25, -0.2) is 14.2 Å². The van der Waals surface area contributed by atoms with Gasteiger partial charge in [0.2, 0.25) is 0 Å². The molecule has 3 heterocycles. The van der Waals surface area contributed by atoms with Crippen LogP contribution in [-0.4, -0.2) is 51.8 Å². The predicted molar refractivity (Wildman–Crippen MR) is 125 cm³/mol. The molecule has 3 N–H and O–H groups in total. The second kappa shape index (κ2) is 9.36. The molecule has 0 bridgehead atoms. The van der Waals surface area contributed by atoms with E-state index in [1.807, 2.05) is 18.3 Å². The third-order valence-electron chi connectivity index (χ3n) is 7.01. The molecule has 0 spiro atoms. The van der Waals surface area contributed by atoms with Crippen molar-refractivity contribution in [1.82, 2.24) is 15.0 Å². The lowest BCUT2D eigenvalue weighted by Gasteiger charge is -2.24. The van der Waals surface area contributed by atoms with Gasteiger partial charge >= 0.3 is 6.09 Å². The standard InChI is InChI=1S/C25H26FN5O4/c26-20-4-1-16(2-5-20)17-3-6-23(28-10-17)30-12-18-7-15(8-19(18)13-30)11-31(25(33)34)14-21-9-22(24(27)32)29-35-21/h1-6,9-10,15,18-19H,7-8,11-14H2,(H2,27,32)(H,33,34)/t15-,18-,19+. The quantitative estimate of drug-likeness (QED) is 0.530. The molecule has 9 nitrogen and oxygen atoms in total. The fourth-order valence-electron chi connectivity index (χ4n) is 5.36. The van der Waals surface area contributed by atoms with Crippen LogP contribution < -0.4 is 10.6 Å². The topological polar surface area (TPSA) is 126 Å². The molecule has 2 aromatic heterocycles. The van der Waals surface area contributed by atoms with Crippen LogP contribution in [0.2, 0.25) is 0 Å². The molecular formula is C25H26FN5O4. The number of carbonyl (C=O) groups is 2. The number of fused-ring (bicyclic) bond motifs is 1. The van der Waals surface area contributed by atoms with Crippen LogP contribution in [0.1, 0.15) is 29.1 Å². The largest absolute Gasteiger partial charge is 0.465 e. The third kappa shape index (κ3) is 4.96. The summed E-state index contributed by atoms with van der Waals surface area (Å²) in [5.41, 5.74) is 7.03. The van der Waals surface area contributed by atoms with Gasteiger partial charge in [-0.1, -0.05) is 17.3 Å². The van der Waals surface area contributed by atoms with Gasteiger partial charge in [0.25, 0.3) is 5.91 Å². The Hall–Kier alpha value is -3.95. The molecule has 0 radical (unpaired) electrons. The molecule has 10 heteroatoms. The Balaban J connectivity index is 1.16. The Morgan fingerprint density at radius 1 is 1.11 bits per heavy atom. The number of hydrogen-bond acceptors (Lipinski definition) is 6. The number of carboxylic acid groups (broad SMARTS) is 1. The number of benzene rings is 1. The van der Waals surface area contributed by atoms with Gasteiger partial charge in [0, 0.05) is 37.5 Å². The van der Waals surface area contributed by atoms with Crippen LogP contribution in [0.3, 0.4) is 0 Å². The molecular weight excluding hydrogens is 453 g/mol. The summed E-state index contributed by atoms with van der Waals surface area (Å²) in [6.45, 7) is 2.21. The average molecular weight is 480 g/mol. The van der Waals surface area contributed by atoms with Crippen LogP contribution in [0.4, 0.5) is 15.0 Å². The highest BCUT2D eigenvalue weighted by atomic mass is 19.1. The number of pyridine rings is 1. The Labute approximate surface area is 201 Å². The number of rotatable bonds is 7. The van der Waals surface area contributed by atoms with Crippen molar-refractivity contribution < 1.29 is 23.6 Å². The first-order chi connectivity index (χ1) is 16.9. The van der Waals surface area contributed by atoms with Crippen LogP contribution in [0, 0.1) is 23.6 Å². The normalized spacial score (nSPS) is 21.2. The van der Waals surface area contributed by atoms with Gasteiger partial charge in [0.15, 0.2) is 11.5 Å². The summed E-state index contributed by atoms with van der Waals surface area (Å²) in [7, 11) is 0. The first-order valence-electron chi connectivity index (χ1n) is 11.6. The monoisotopic (exact) mass is 479 g/mol. The van der Waals surface area contributed by atoms with Crippen LogP contribution in [0.15, 0.2) is 53.2 Å². The van der Waals surface area contributed by atoms with Crippen molar-refractivity contribution in [2.75, 3.05) is 24.5 Å². The van der Waals surface area contributed by atoms with Crippen LogP contribution in [-0.2, 0) is 6.54 Å². The summed E-state index contributed by atoms with van der Waals surface area (Å²) in [6.07, 6.45) is 2.67. The first-order valence-corrected chi connectivity index (χ1v) is 11.6. The lowest BCUT2D eigenvalue weighted by Crippen LogP contribution is -2.33.